The lowest BCUT2D eigenvalue weighted by molar-refractivity contribution is 0.525. The van der Waals surface area contributed by atoms with Gasteiger partial charge in [-0.1, -0.05) is 44.0 Å². The highest BCUT2D eigenvalue weighted by Crippen LogP contribution is 2.12. The summed E-state index contributed by atoms with van der Waals surface area (Å²) in [7, 11) is -0.816. The maximum atomic E-state index is 12.1. The van der Waals surface area contributed by atoms with Gasteiger partial charge in [0.25, 0.3) is 0 Å². The van der Waals surface area contributed by atoms with Crippen molar-refractivity contribution in [3.05, 3.63) is 34.9 Å². The van der Waals surface area contributed by atoms with E-state index in [2.05, 4.69) is 19.2 Å². The Morgan fingerprint density at radius 3 is 2.50 bits per heavy atom. The molecular weight excluding hydrogens is 266 g/mol. The average Bonchev–Trinajstić information content (AvgIpc) is 2.33. The Hall–Kier alpha value is -0.380. The Morgan fingerprint density at radius 1 is 1.28 bits per heavy atom. The Morgan fingerprint density at radius 2 is 1.94 bits per heavy atom. The standard InChI is InChI=1S/C14H22ClNOS/c1-3-5-14(16-4-2)11-18(17)10-12-6-8-13(15)9-7-12/h6-9,14,16H,3-5,10-11H2,1-2H3. The number of benzene rings is 1. The first-order valence-corrected chi connectivity index (χ1v) is 8.35. The molecule has 1 aromatic carbocycles. The third kappa shape index (κ3) is 5.98. The summed E-state index contributed by atoms with van der Waals surface area (Å²) < 4.78 is 12.1. The third-order valence-corrected chi connectivity index (χ3v) is 4.44. The van der Waals surface area contributed by atoms with Crippen LogP contribution in [0.15, 0.2) is 24.3 Å². The first kappa shape index (κ1) is 15.7. The molecule has 2 nitrogen and oxygen atoms in total. The van der Waals surface area contributed by atoms with Crippen molar-refractivity contribution < 1.29 is 4.21 Å². The molecule has 2 atom stereocenters. The van der Waals surface area contributed by atoms with E-state index in [-0.39, 0.29) is 0 Å². The Balaban J connectivity index is 2.46. The van der Waals surface area contributed by atoms with Gasteiger partial charge in [0.2, 0.25) is 0 Å². The molecule has 0 aliphatic carbocycles. The van der Waals surface area contributed by atoms with Crippen molar-refractivity contribution in [1.29, 1.82) is 0 Å². The van der Waals surface area contributed by atoms with Crippen molar-refractivity contribution in [3.8, 4) is 0 Å². The van der Waals surface area contributed by atoms with Gasteiger partial charge in [-0.3, -0.25) is 4.21 Å². The smallest absolute Gasteiger partial charge is 0.0486 e. The van der Waals surface area contributed by atoms with Gasteiger partial charge < -0.3 is 5.32 Å². The van der Waals surface area contributed by atoms with Gasteiger partial charge in [-0.05, 0) is 30.7 Å². The van der Waals surface area contributed by atoms with E-state index in [1.807, 2.05) is 24.3 Å². The van der Waals surface area contributed by atoms with Crippen molar-refractivity contribution in [3.63, 3.8) is 0 Å². The zero-order valence-corrected chi connectivity index (χ0v) is 12.7. The fraction of sp³-hybridized carbons (Fsp3) is 0.571. The van der Waals surface area contributed by atoms with Crippen molar-refractivity contribution in [2.24, 2.45) is 0 Å². The summed E-state index contributed by atoms with van der Waals surface area (Å²) >= 11 is 5.83. The molecule has 1 N–H and O–H groups in total. The lowest BCUT2D eigenvalue weighted by Crippen LogP contribution is -2.34. The van der Waals surface area contributed by atoms with Crippen molar-refractivity contribution in [1.82, 2.24) is 5.32 Å². The average molecular weight is 288 g/mol. The molecule has 0 aliphatic rings. The van der Waals surface area contributed by atoms with Crippen LogP contribution in [-0.4, -0.2) is 22.5 Å². The second kappa shape index (κ2) is 8.68. The Bertz CT molecular complexity index is 361. The van der Waals surface area contributed by atoms with Gasteiger partial charge in [-0.25, -0.2) is 0 Å². The minimum Gasteiger partial charge on any atom is -0.313 e. The maximum absolute atomic E-state index is 12.1. The molecule has 0 aliphatic heterocycles. The second-order valence-electron chi connectivity index (χ2n) is 4.42. The van der Waals surface area contributed by atoms with Crippen LogP contribution in [0.2, 0.25) is 5.02 Å². The number of nitrogens with one attached hydrogen (secondary N) is 1. The summed E-state index contributed by atoms with van der Waals surface area (Å²) in [6.07, 6.45) is 2.20. The predicted octanol–water partition coefficient (Wildman–Crippen LogP) is 3.37. The first-order valence-electron chi connectivity index (χ1n) is 6.48. The normalized spacial score (nSPS) is 14.4. The molecule has 102 valence electrons. The van der Waals surface area contributed by atoms with Crippen LogP contribution < -0.4 is 5.32 Å². The van der Waals surface area contributed by atoms with Gasteiger partial charge in [0.05, 0.1) is 0 Å². The molecule has 0 fully saturated rings. The van der Waals surface area contributed by atoms with Gasteiger partial charge in [0.1, 0.15) is 0 Å². The zero-order valence-electron chi connectivity index (χ0n) is 11.1. The minimum absolute atomic E-state index is 0.369. The van der Waals surface area contributed by atoms with Gasteiger partial charge >= 0.3 is 0 Å². The number of halogens is 1. The highest BCUT2D eigenvalue weighted by Gasteiger charge is 2.11. The van der Waals surface area contributed by atoms with Crippen LogP contribution in [0.5, 0.6) is 0 Å². The summed E-state index contributed by atoms with van der Waals surface area (Å²) in [5.74, 6) is 1.34. The monoisotopic (exact) mass is 287 g/mol. The van der Waals surface area contributed by atoms with Gasteiger partial charge in [-0.2, -0.15) is 0 Å². The van der Waals surface area contributed by atoms with E-state index in [4.69, 9.17) is 11.6 Å². The molecular formula is C14H22ClNOS. The lowest BCUT2D eigenvalue weighted by atomic mass is 10.2. The van der Waals surface area contributed by atoms with E-state index in [0.717, 1.165) is 35.7 Å². The van der Waals surface area contributed by atoms with Crippen molar-refractivity contribution in [2.45, 2.75) is 38.5 Å². The topological polar surface area (TPSA) is 29.1 Å². The quantitative estimate of drug-likeness (QED) is 0.794. The van der Waals surface area contributed by atoms with Crippen LogP contribution in [0.4, 0.5) is 0 Å². The van der Waals surface area contributed by atoms with Crippen LogP contribution in [0.1, 0.15) is 32.3 Å². The predicted molar refractivity (Wildman–Crippen MR) is 80.5 cm³/mol. The molecule has 0 radical (unpaired) electrons. The number of rotatable bonds is 8. The van der Waals surface area contributed by atoms with Gasteiger partial charge in [0, 0.05) is 33.4 Å². The summed E-state index contributed by atoms with van der Waals surface area (Å²) in [4.78, 5) is 0. The second-order valence-corrected chi connectivity index (χ2v) is 6.36. The molecule has 0 aromatic heterocycles. The highest BCUT2D eigenvalue weighted by atomic mass is 35.5. The fourth-order valence-corrected chi connectivity index (χ4v) is 3.47. The molecule has 2 unspecified atom stereocenters. The van der Waals surface area contributed by atoms with Gasteiger partial charge in [-0.15, -0.1) is 0 Å². The van der Waals surface area contributed by atoms with Crippen LogP contribution in [0.25, 0.3) is 0 Å². The number of hydrogen-bond donors (Lipinski definition) is 1. The van der Waals surface area contributed by atoms with Crippen LogP contribution >= 0.6 is 11.6 Å². The van der Waals surface area contributed by atoms with E-state index >= 15 is 0 Å². The fourth-order valence-electron chi connectivity index (χ4n) is 1.93. The summed E-state index contributed by atoms with van der Waals surface area (Å²) in [5, 5.41) is 4.12. The van der Waals surface area contributed by atoms with Gasteiger partial charge in [0.15, 0.2) is 0 Å². The van der Waals surface area contributed by atoms with E-state index in [0.29, 0.717) is 11.8 Å². The summed E-state index contributed by atoms with van der Waals surface area (Å²) in [5.41, 5.74) is 1.09. The Kier molecular flexibility index (Phi) is 7.56. The minimum atomic E-state index is -0.816. The highest BCUT2D eigenvalue weighted by molar-refractivity contribution is 7.84. The molecule has 4 heteroatoms. The Labute approximate surface area is 118 Å². The molecule has 0 bridgehead atoms. The van der Waals surface area contributed by atoms with Crippen LogP contribution in [0.3, 0.4) is 0 Å². The van der Waals surface area contributed by atoms with E-state index in [1.54, 1.807) is 0 Å². The van der Waals surface area contributed by atoms with E-state index in [9.17, 15) is 4.21 Å². The van der Waals surface area contributed by atoms with Crippen LogP contribution in [-0.2, 0) is 16.6 Å². The van der Waals surface area contributed by atoms with Crippen molar-refractivity contribution in [2.75, 3.05) is 12.3 Å². The van der Waals surface area contributed by atoms with E-state index < -0.39 is 10.8 Å². The van der Waals surface area contributed by atoms with E-state index in [1.165, 1.54) is 0 Å². The summed E-state index contributed by atoms with van der Waals surface area (Å²) in [6.45, 7) is 5.18. The third-order valence-electron chi connectivity index (χ3n) is 2.76. The molecule has 0 amide bonds. The summed E-state index contributed by atoms with van der Waals surface area (Å²) in [6, 6.07) is 7.96. The molecule has 0 saturated carbocycles. The molecule has 1 rings (SSSR count). The molecule has 0 saturated heterocycles. The zero-order chi connectivity index (χ0) is 13.4. The van der Waals surface area contributed by atoms with Crippen molar-refractivity contribution >= 4 is 22.4 Å². The lowest BCUT2D eigenvalue weighted by Gasteiger charge is -2.16. The molecule has 0 heterocycles. The maximum Gasteiger partial charge on any atom is 0.0486 e. The molecule has 1 aromatic rings. The molecule has 18 heavy (non-hydrogen) atoms. The largest absolute Gasteiger partial charge is 0.313 e. The SMILES string of the molecule is CCCC(CS(=O)Cc1ccc(Cl)cc1)NCC. The first-order chi connectivity index (χ1) is 8.65. The number of hydrogen-bond acceptors (Lipinski definition) is 2. The molecule has 0 spiro atoms. The van der Waals surface area contributed by atoms with Crippen LogP contribution in [0, 0.1) is 0 Å².